The number of rotatable bonds is 9. The second kappa shape index (κ2) is 12.4. The number of hydrogen-bond donors (Lipinski definition) is 2. The topological polar surface area (TPSA) is 52.8 Å². The van der Waals surface area contributed by atoms with Crippen LogP contribution in [0.25, 0.3) is 0 Å². The van der Waals surface area contributed by atoms with Crippen molar-refractivity contribution in [2.75, 3.05) is 32.7 Å². The van der Waals surface area contributed by atoms with Crippen LogP contribution in [0.1, 0.15) is 42.9 Å². The molecule has 0 saturated carbocycles. The Kier molecular flexibility index (Phi) is 10.2. The Morgan fingerprint density at radius 1 is 1.22 bits per heavy atom. The van der Waals surface area contributed by atoms with E-state index in [0.29, 0.717) is 6.04 Å². The van der Waals surface area contributed by atoms with Crippen molar-refractivity contribution in [1.29, 1.82) is 0 Å². The van der Waals surface area contributed by atoms with Crippen LogP contribution in [0.5, 0.6) is 0 Å². The number of hydrogen-bond acceptors (Lipinski definition) is 4. The molecule has 1 atom stereocenters. The van der Waals surface area contributed by atoms with Crippen LogP contribution in [0.3, 0.4) is 0 Å². The molecule has 1 aliphatic heterocycles. The fourth-order valence-electron chi connectivity index (χ4n) is 3.27. The number of aliphatic imine (C=N–C) groups is 1. The van der Waals surface area contributed by atoms with E-state index in [1.54, 1.807) is 6.26 Å². The normalized spacial score (nSPS) is 16.1. The molecular weight excluding hydrogens is 471 g/mol. The summed E-state index contributed by atoms with van der Waals surface area (Å²) in [5, 5.41) is 9.05. The Hall–Kier alpha value is -1.06. The minimum atomic E-state index is 0. The van der Waals surface area contributed by atoms with Gasteiger partial charge in [0.05, 0.1) is 18.8 Å². The Labute approximate surface area is 183 Å². The molecule has 0 spiro atoms. The lowest BCUT2D eigenvalue weighted by Gasteiger charge is -2.25. The number of likely N-dealkylation sites (tertiary alicyclic amines) is 1. The van der Waals surface area contributed by atoms with Crippen LogP contribution in [0.15, 0.2) is 45.3 Å². The summed E-state index contributed by atoms with van der Waals surface area (Å²) in [4.78, 5) is 8.91. The largest absolute Gasteiger partial charge is 0.469 e. The van der Waals surface area contributed by atoms with E-state index < -0.39 is 0 Å². The summed E-state index contributed by atoms with van der Waals surface area (Å²) >= 11 is 1.84. The van der Waals surface area contributed by atoms with Crippen molar-refractivity contribution >= 4 is 41.3 Å². The summed E-state index contributed by atoms with van der Waals surface area (Å²) < 4.78 is 5.41. The summed E-state index contributed by atoms with van der Waals surface area (Å²) in [5.41, 5.74) is 0. The Morgan fingerprint density at radius 3 is 2.70 bits per heavy atom. The molecule has 3 rings (SSSR count). The number of nitrogens with one attached hydrogen (secondary N) is 2. The molecule has 1 saturated heterocycles. The highest BCUT2D eigenvalue weighted by molar-refractivity contribution is 14.0. The van der Waals surface area contributed by atoms with Crippen LogP contribution in [0.4, 0.5) is 0 Å². The molecule has 0 amide bonds. The summed E-state index contributed by atoms with van der Waals surface area (Å²) in [6.45, 7) is 7.08. The Bertz CT molecular complexity index is 639. The molecule has 1 fully saturated rings. The van der Waals surface area contributed by atoms with Crippen molar-refractivity contribution in [3.63, 3.8) is 0 Å². The molecule has 0 aromatic carbocycles. The number of halogens is 1. The summed E-state index contributed by atoms with van der Waals surface area (Å²) in [6, 6.07) is 8.72. The van der Waals surface area contributed by atoms with E-state index in [4.69, 9.17) is 9.41 Å². The maximum absolute atomic E-state index is 5.41. The van der Waals surface area contributed by atoms with Gasteiger partial charge in [-0.15, -0.1) is 35.3 Å². The van der Waals surface area contributed by atoms with Crippen molar-refractivity contribution in [3.8, 4) is 0 Å². The molecule has 0 aliphatic carbocycles. The zero-order valence-electron chi connectivity index (χ0n) is 16.0. The molecule has 3 heterocycles. The van der Waals surface area contributed by atoms with Crippen molar-refractivity contribution in [3.05, 3.63) is 46.5 Å². The van der Waals surface area contributed by atoms with Gasteiger partial charge in [0.25, 0.3) is 0 Å². The lowest BCUT2D eigenvalue weighted by Crippen LogP contribution is -2.39. The summed E-state index contributed by atoms with van der Waals surface area (Å²) in [5.74, 6) is 1.90. The van der Waals surface area contributed by atoms with Gasteiger partial charge in [-0.25, -0.2) is 0 Å². The van der Waals surface area contributed by atoms with Crippen molar-refractivity contribution in [2.45, 2.75) is 38.6 Å². The molecule has 27 heavy (non-hydrogen) atoms. The zero-order chi connectivity index (χ0) is 18.0. The maximum atomic E-state index is 5.41. The molecule has 1 aliphatic rings. The maximum Gasteiger partial charge on any atom is 0.191 e. The van der Waals surface area contributed by atoms with Crippen LogP contribution in [0.2, 0.25) is 0 Å². The smallest absolute Gasteiger partial charge is 0.191 e. The van der Waals surface area contributed by atoms with Crippen LogP contribution in [-0.2, 0) is 6.42 Å². The third-order valence-electron chi connectivity index (χ3n) is 4.66. The van der Waals surface area contributed by atoms with E-state index in [0.717, 1.165) is 44.2 Å². The van der Waals surface area contributed by atoms with Crippen molar-refractivity contribution in [1.82, 2.24) is 15.5 Å². The summed E-state index contributed by atoms with van der Waals surface area (Å²) in [7, 11) is 0. The average Bonchev–Trinajstić information content (AvgIpc) is 3.42. The molecule has 1 unspecified atom stereocenters. The van der Waals surface area contributed by atoms with Gasteiger partial charge < -0.3 is 15.1 Å². The SMILES string of the molecule is CCCNC(=NCC(c1cccs1)N1CCCC1)NCCc1ccco1.I. The average molecular weight is 502 g/mol. The number of guanidine groups is 1. The van der Waals surface area contributed by atoms with Gasteiger partial charge in [0, 0.05) is 24.4 Å². The van der Waals surface area contributed by atoms with E-state index in [2.05, 4.69) is 40.0 Å². The molecule has 0 radical (unpaired) electrons. The number of thiophene rings is 1. The van der Waals surface area contributed by atoms with Crippen LogP contribution in [0, 0.1) is 0 Å². The Morgan fingerprint density at radius 2 is 2.04 bits per heavy atom. The lowest BCUT2D eigenvalue weighted by atomic mass is 10.2. The first-order valence-electron chi connectivity index (χ1n) is 9.69. The zero-order valence-corrected chi connectivity index (χ0v) is 19.2. The minimum absolute atomic E-state index is 0. The minimum Gasteiger partial charge on any atom is -0.469 e. The van der Waals surface area contributed by atoms with E-state index >= 15 is 0 Å². The van der Waals surface area contributed by atoms with Crippen LogP contribution >= 0.6 is 35.3 Å². The van der Waals surface area contributed by atoms with Crippen molar-refractivity contribution in [2.24, 2.45) is 4.99 Å². The van der Waals surface area contributed by atoms with Gasteiger partial charge in [-0.1, -0.05) is 13.0 Å². The lowest BCUT2D eigenvalue weighted by molar-refractivity contribution is 0.255. The fourth-order valence-corrected chi connectivity index (χ4v) is 4.13. The second-order valence-electron chi connectivity index (χ2n) is 6.65. The predicted octanol–water partition coefficient (Wildman–Crippen LogP) is 4.28. The molecule has 2 aromatic heterocycles. The fraction of sp³-hybridized carbons (Fsp3) is 0.550. The highest BCUT2D eigenvalue weighted by atomic mass is 127. The molecule has 0 bridgehead atoms. The van der Waals surface area contributed by atoms with E-state index in [-0.39, 0.29) is 24.0 Å². The third-order valence-corrected chi connectivity index (χ3v) is 5.64. The third kappa shape index (κ3) is 7.12. The standard InChI is InChI=1S/C20H30N4OS.HI/c1-2-10-21-20(22-11-9-17-7-5-14-25-17)23-16-18(19-8-6-15-26-19)24-12-3-4-13-24;/h5-8,14-15,18H,2-4,9-13,16H2,1H3,(H2,21,22,23);1H. The molecule has 2 N–H and O–H groups in total. The molecular formula is C20H31IN4OS. The van der Waals surface area contributed by atoms with Crippen molar-refractivity contribution < 1.29 is 4.42 Å². The highest BCUT2D eigenvalue weighted by Crippen LogP contribution is 2.28. The number of furan rings is 1. The van der Waals surface area contributed by atoms with Crippen LogP contribution in [-0.4, -0.2) is 43.6 Å². The van der Waals surface area contributed by atoms with Gasteiger partial charge in [0.1, 0.15) is 5.76 Å². The molecule has 7 heteroatoms. The molecule has 150 valence electrons. The number of nitrogens with zero attached hydrogens (tertiary/aromatic N) is 2. The first kappa shape index (κ1) is 22.2. The van der Waals surface area contributed by atoms with Gasteiger partial charge in [0.15, 0.2) is 5.96 Å². The monoisotopic (exact) mass is 502 g/mol. The first-order chi connectivity index (χ1) is 12.9. The van der Waals surface area contributed by atoms with Gasteiger partial charge in [-0.05, 0) is 55.9 Å². The molecule has 5 nitrogen and oxygen atoms in total. The molecule has 2 aromatic rings. The van der Waals surface area contributed by atoms with E-state index in [9.17, 15) is 0 Å². The first-order valence-corrected chi connectivity index (χ1v) is 10.6. The summed E-state index contributed by atoms with van der Waals surface area (Å²) in [6.07, 6.45) is 6.27. The highest BCUT2D eigenvalue weighted by Gasteiger charge is 2.24. The quantitative estimate of drug-likeness (QED) is 0.305. The van der Waals surface area contributed by atoms with Gasteiger partial charge in [-0.2, -0.15) is 0 Å². The van der Waals surface area contributed by atoms with Crippen LogP contribution < -0.4 is 10.6 Å². The van der Waals surface area contributed by atoms with E-state index in [1.807, 2.05) is 23.5 Å². The van der Waals surface area contributed by atoms with E-state index in [1.165, 1.54) is 30.8 Å². The van der Waals surface area contributed by atoms with Gasteiger partial charge >= 0.3 is 0 Å². The second-order valence-corrected chi connectivity index (χ2v) is 7.63. The predicted molar refractivity (Wildman–Crippen MR) is 124 cm³/mol. The van der Waals surface area contributed by atoms with Gasteiger partial charge in [-0.3, -0.25) is 9.89 Å². The Balaban J connectivity index is 0.00000261. The van der Waals surface area contributed by atoms with Gasteiger partial charge in [0.2, 0.25) is 0 Å².